The first-order valence-electron chi connectivity index (χ1n) is 8.56. The maximum atomic E-state index is 12.5. The lowest BCUT2D eigenvalue weighted by molar-refractivity contribution is 0.391. The molecule has 0 saturated carbocycles. The summed E-state index contributed by atoms with van der Waals surface area (Å²) in [4.78, 5) is 27.1. The number of aromatic nitrogens is 2. The topological polar surface area (TPSA) is 87.1 Å². The molecule has 4 rings (SSSR count). The fraction of sp³-hybridized carbons (Fsp3) is 0.200. The van der Waals surface area contributed by atoms with Gasteiger partial charge in [-0.15, -0.1) is 0 Å². The van der Waals surface area contributed by atoms with Crippen molar-refractivity contribution in [3.63, 3.8) is 0 Å². The molecule has 0 fully saturated rings. The lowest BCUT2D eigenvalue weighted by Crippen LogP contribution is -2.39. The first-order chi connectivity index (χ1) is 12.6. The fourth-order valence-corrected chi connectivity index (χ4v) is 3.51. The Balaban J connectivity index is 1.85. The molecule has 3 aromatic rings. The minimum Gasteiger partial charge on any atom is -0.494 e. The van der Waals surface area contributed by atoms with Crippen molar-refractivity contribution in [2.45, 2.75) is 19.0 Å². The Kier molecular flexibility index (Phi) is 4.18. The summed E-state index contributed by atoms with van der Waals surface area (Å²) in [5, 5.41) is 14.1. The van der Waals surface area contributed by atoms with Crippen LogP contribution in [0.1, 0.15) is 28.3 Å². The molecule has 26 heavy (non-hydrogen) atoms. The molecule has 1 aliphatic rings. The number of rotatable bonds is 3. The van der Waals surface area contributed by atoms with Crippen molar-refractivity contribution < 1.29 is 5.11 Å². The number of hydrogen-bond acceptors (Lipinski definition) is 4. The predicted molar refractivity (Wildman–Crippen MR) is 98.5 cm³/mol. The molecule has 6 nitrogen and oxygen atoms in total. The molecule has 2 heterocycles. The van der Waals surface area contributed by atoms with Crippen LogP contribution >= 0.6 is 0 Å². The second-order valence-corrected chi connectivity index (χ2v) is 6.40. The van der Waals surface area contributed by atoms with Gasteiger partial charge in [0, 0.05) is 6.54 Å². The van der Waals surface area contributed by atoms with E-state index in [1.165, 1.54) is 4.57 Å². The molecule has 0 bridgehead atoms. The molecule has 132 valence electrons. The van der Waals surface area contributed by atoms with Crippen molar-refractivity contribution >= 4 is 0 Å². The molecule has 0 amide bonds. The zero-order valence-corrected chi connectivity index (χ0v) is 14.1. The fourth-order valence-electron chi connectivity index (χ4n) is 3.51. The van der Waals surface area contributed by atoms with Gasteiger partial charge in [-0.05, 0) is 23.1 Å². The van der Waals surface area contributed by atoms with Crippen LogP contribution in [0.4, 0.5) is 0 Å². The van der Waals surface area contributed by atoms with Crippen LogP contribution in [-0.4, -0.2) is 21.2 Å². The number of benzene rings is 2. The molecule has 0 spiro atoms. The van der Waals surface area contributed by atoms with Gasteiger partial charge < -0.3 is 10.4 Å². The van der Waals surface area contributed by atoms with Crippen LogP contribution in [-0.2, 0) is 13.0 Å². The van der Waals surface area contributed by atoms with E-state index in [1.807, 2.05) is 54.6 Å². The van der Waals surface area contributed by atoms with Gasteiger partial charge in [0.2, 0.25) is 5.88 Å². The van der Waals surface area contributed by atoms with E-state index in [0.717, 1.165) is 23.1 Å². The smallest absolute Gasteiger partial charge is 0.331 e. The minimum atomic E-state index is -0.621. The van der Waals surface area contributed by atoms with Crippen molar-refractivity contribution in [3.05, 3.63) is 97.7 Å². The Labute approximate surface area is 149 Å². The molecular formula is C20H19N3O3. The highest BCUT2D eigenvalue weighted by atomic mass is 16.3. The molecule has 0 radical (unpaired) electrons. The maximum Gasteiger partial charge on any atom is 0.331 e. The third-order valence-electron chi connectivity index (χ3n) is 4.79. The quantitative estimate of drug-likeness (QED) is 0.669. The van der Waals surface area contributed by atoms with Gasteiger partial charge in [-0.1, -0.05) is 54.6 Å². The third kappa shape index (κ3) is 2.84. The third-order valence-corrected chi connectivity index (χ3v) is 4.79. The first kappa shape index (κ1) is 16.4. The maximum absolute atomic E-state index is 12.5. The molecule has 1 aliphatic heterocycles. The number of aromatic hydroxyl groups is 1. The van der Waals surface area contributed by atoms with E-state index in [4.69, 9.17) is 0 Å². The highest BCUT2D eigenvalue weighted by molar-refractivity contribution is 5.42. The molecule has 2 aromatic carbocycles. The molecule has 6 heteroatoms. The highest BCUT2D eigenvalue weighted by Gasteiger charge is 2.28. The molecule has 1 aromatic heterocycles. The number of nitrogens with one attached hydrogen (secondary N) is 2. The van der Waals surface area contributed by atoms with E-state index in [-0.39, 0.29) is 18.0 Å². The van der Waals surface area contributed by atoms with Gasteiger partial charge in [-0.2, -0.15) is 0 Å². The van der Waals surface area contributed by atoms with Gasteiger partial charge in [0.1, 0.15) is 0 Å². The van der Waals surface area contributed by atoms with Crippen LogP contribution < -0.4 is 16.6 Å². The van der Waals surface area contributed by atoms with E-state index in [2.05, 4.69) is 10.3 Å². The number of nitrogens with zero attached hydrogens (tertiary/aromatic N) is 1. The zero-order valence-electron chi connectivity index (χ0n) is 14.1. The average Bonchev–Trinajstić information content (AvgIpc) is 2.66. The summed E-state index contributed by atoms with van der Waals surface area (Å²) in [6, 6.07) is 16.7. The van der Waals surface area contributed by atoms with Crippen molar-refractivity contribution in [2.75, 3.05) is 6.54 Å². The summed E-state index contributed by atoms with van der Waals surface area (Å²) >= 11 is 0. The Bertz CT molecular complexity index is 1050. The zero-order chi connectivity index (χ0) is 18.1. The Morgan fingerprint density at radius 1 is 1.04 bits per heavy atom. The number of aromatic amines is 1. The van der Waals surface area contributed by atoms with Gasteiger partial charge in [0.05, 0.1) is 18.2 Å². The molecule has 1 atom stereocenters. The molecular weight excluding hydrogens is 330 g/mol. The van der Waals surface area contributed by atoms with Gasteiger partial charge in [-0.3, -0.25) is 14.3 Å². The van der Waals surface area contributed by atoms with E-state index in [0.29, 0.717) is 6.54 Å². The van der Waals surface area contributed by atoms with E-state index >= 15 is 0 Å². The molecule has 0 aliphatic carbocycles. The largest absolute Gasteiger partial charge is 0.494 e. The predicted octanol–water partition coefficient (Wildman–Crippen LogP) is 1.53. The standard InChI is InChI=1S/C20H19N3O3/c24-18-16(17-15-9-5-4-8-14(15)10-11-21-17)19(25)23(20(26)22-18)12-13-6-2-1-3-7-13/h1-9,17,21,25H,10-12H2,(H,22,24,26). The summed E-state index contributed by atoms with van der Waals surface area (Å²) in [6.07, 6.45) is 0.856. The summed E-state index contributed by atoms with van der Waals surface area (Å²) in [6.45, 7) is 0.877. The monoisotopic (exact) mass is 349 g/mol. The van der Waals surface area contributed by atoms with Crippen LogP contribution in [0.5, 0.6) is 5.88 Å². The lowest BCUT2D eigenvalue weighted by atomic mass is 9.90. The van der Waals surface area contributed by atoms with Crippen molar-refractivity contribution in [1.82, 2.24) is 14.9 Å². The summed E-state index contributed by atoms with van der Waals surface area (Å²) in [5.74, 6) is -0.295. The van der Waals surface area contributed by atoms with Crippen LogP contribution in [0.15, 0.2) is 64.2 Å². The van der Waals surface area contributed by atoms with Crippen molar-refractivity contribution in [3.8, 4) is 5.88 Å². The normalized spacial score (nSPS) is 16.2. The highest BCUT2D eigenvalue weighted by Crippen LogP contribution is 2.30. The summed E-state index contributed by atoms with van der Waals surface area (Å²) in [7, 11) is 0. The van der Waals surface area contributed by atoms with E-state index in [9.17, 15) is 14.7 Å². The Morgan fingerprint density at radius 2 is 1.77 bits per heavy atom. The van der Waals surface area contributed by atoms with Crippen LogP contribution in [0.25, 0.3) is 0 Å². The van der Waals surface area contributed by atoms with Gasteiger partial charge in [0.25, 0.3) is 5.56 Å². The Hall–Kier alpha value is -3.12. The second-order valence-electron chi connectivity index (χ2n) is 6.40. The van der Waals surface area contributed by atoms with E-state index < -0.39 is 17.3 Å². The molecule has 0 saturated heterocycles. The van der Waals surface area contributed by atoms with Crippen molar-refractivity contribution in [2.24, 2.45) is 0 Å². The molecule has 1 unspecified atom stereocenters. The Morgan fingerprint density at radius 3 is 2.58 bits per heavy atom. The summed E-state index contributed by atoms with van der Waals surface area (Å²) in [5.41, 5.74) is 1.93. The van der Waals surface area contributed by atoms with E-state index in [1.54, 1.807) is 0 Å². The lowest BCUT2D eigenvalue weighted by Gasteiger charge is -2.27. The average molecular weight is 349 g/mol. The summed E-state index contributed by atoms with van der Waals surface area (Å²) < 4.78 is 1.20. The van der Waals surface area contributed by atoms with Crippen LogP contribution in [0.2, 0.25) is 0 Å². The van der Waals surface area contributed by atoms with Crippen LogP contribution in [0, 0.1) is 0 Å². The SMILES string of the molecule is O=c1[nH]c(=O)n(Cc2ccccc2)c(O)c1C1NCCc2ccccc21. The number of hydrogen-bond donors (Lipinski definition) is 3. The van der Waals surface area contributed by atoms with Gasteiger partial charge >= 0.3 is 5.69 Å². The number of H-pyrrole nitrogens is 1. The van der Waals surface area contributed by atoms with Gasteiger partial charge in [0.15, 0.2) is 0 Å². The number of fused-ring (bicyclic) bond motifs is 1. The second kappa shape index (κ2) is 6.65. The van der Waals surface area contributed by atoms with Gasteiger partial charge in [-0.25, -0.2) is 4.79 Å². The minimum absolute atomic E-state index is 0.174. The van der Waals surface area contributed by atoms with Crippen LogP contribution in [0.3, 0.4) is 0 Å². The molecule has 3 N–H and O–H groups in total. The first-order valence-corrected chi connectivity index (χ1v) is 8.56. The van der Waals surface area contributed by atoms with Crippen molar-refractivity contribution in [1.29, 1.82) is 0 Å².